The Labute approximate surface area is 367 Å². The molecule has 12 aromatic rings. The minimum Gasteiger partial charge on any atom is -0.457 e. The molecule has 14 rings (SSSR count). The molecule has 1 spiro atoms. The molecule has 0 N–H and O–H groups in total. The van der Waals surface area contributed by atoms with Crippen molar-refractivity contribution in [3.8, 4) is 62.5 Å². The molecular formula is C58H34N4O2. The molecule has 3 aromatic heterocycles. The monoisotopic (exact) mass is 818 g/mol. The molecule has 0 bridgehead atoms. The number of hydrogen-bond donors (Lipinski definition) is 0. The van der Waals surface area contributed by atoms with Crippen LogP contribution in [0.2, 0.25) is 0 Å². The van der Waals surface area contributed by atoms with Crippen molar-refractivity contribution in [3.05, 3.63) is 229 Å². The van der Waals surface area contributed by atoms with Crippen molar-refractivity contribution < 1.29 is 9.15 Å². The van der Waals surface area contributed by atoms with Gasteiger partial charge in [0.1, 0.15) is 22.7 Å². The van der Waals surface area contributed by atoms with E-state index in [-0.39, 0.29) is 0 Å². The highest BCUT2D eigenvalue weighted by molar-refractivity contribution is 6.24. The zero-order valence-electron chi connectivity index (χ0n) is 34.2. The normalized spacial score (nSPS) is 13.2. The highest BCUT2D eigenvalue weighted by Crippen LogP contribution is 2.62. The van der Waals surface area contributed by atoms with Gasteiger partial charge in [-0.15, -0.1) is 0 Å². The zero-order chi connectivity index (χ0) is 41.9. The number of rotatable bonds is 4. The molecule has 0 amide bonds. The van der Waals surface area contributed by atoms with Crippen molar-refractivity contribution in [1.29, 1.82) is 0 Å². The number of benzene rings is 9. The van der Waals surface area contributed by atoms with Gasteiger partial charge in [0.25, 0.3) is 0 Å². The van der Waals surface area contributed by atoms with Crippen LogP contribution in [-0.4, -0.2) is 19.5 Å². The second-order valence-electron chi connectivity index (χ2n) is 16.7. The summed E-state index contributed by atoms with van der Waals surface area (Å²) < 4.78 is 15.6. The van der Waals surface area contributed by atoms with Gasteiger partial charge in [-0.3, -0.25) is 0 Å². The molecule has 0 saturated carbocycles. The minimum absolute atomic E-state index is 0.610. The van der Waals surface area contributed by atoms with Crippen LogP contribution in [0, 0.1) is 0 Å². The minimum atomic E-state index is -0.661. The summed E-state index contributed by atoms with van der Waals surface area (Å²) >= 11 is 0. The first-order chi connectivity index (χ1) is 31.7. The fourth-order valence-electron chi connectivity index (χ4n) is 10.6. The lowest BCUT2D eigenvalue weighted by Crippen LogP contribution is -2.32. The average Bonchev–Trinajstić information content (AvgIpc) is 4.00. The zero-order valence-corrected chi connectivity index (χ0v) is 34.2. The van der Waals surface area contributed by atoms with Gasteiger partial charge in [0.2, 0.25) is 0 Å². The molecule has 0 radical (unpaired) electrons. The Bertz CT molecular complexity index is 3780. The van der Waals surface area contributed by atoms with Crippen LogP contribution >= 0.6 is 0 Å². The summed E-state index contributed by atoms with van der Waals surface area (Å²) in [5.74, 6) is 3.56. The van der Waals surface area contributed by atoms with Crippen molar-refractivity contribution in [2.45, 2.75) is 5.41 Å². The Kier molecular flexibility index (Phi) is 7.22. The topological polar surface area (TPSA) is 66.0 Å². The number of aromatic nitrogens is 4. The quantitative estimate of drug-likeness (QED) is 0.177. The highest BCUT2D eigenvalue weighted by atomic mass is 16.5. The average molecular weight is 819 g/mol. The molecule has 0 saturated heterocycles. The highest BCUT2D eigenvalue weighted by Gasteiger charge is 2.51. The summed E-state index contributed by atoms with van der Waals surface area (Å²) in [6.07, 6.45) is 0. The van der Waals surface area contributed by atoms with Gasteiger partial charge in [0.05, 0.1) is 21.8 Å². The molecule has 2 aliphatic rings. The third-order valence-corrected chi connectivity index (χ3v) is 13.3. The largest absolute Gasteiger partial charge is 0.457 e. The molecule has 6 nitrogen and oxygen atoms in total. The van der Waals surface area contributed by atoms with Gasteiger partial charge in [-0.2, -0.15) is 0 Å². The summed E-state index contributed by atoms with van der Waals surface area (Å²) in [7, 11) is 0. The Morgan fingerprint density at radius 1 is 0.391 bits per heavy atom. The Morgan fingerprint density at radius 3 is 1.66 bits per heavy atom. The first-order valence-electron chi connectivity index (χ1n) is 21.6. The Morgan fingerprint density at radius 2 is 0.953 bits per heavy atom. The maximum atomic E-state index is 6.71. The van der Waals surface area contributed by atoms with Gasteiger partial charge >= 0.3 is 0 Å². The first-order valence-corrected chi connectivity index (χ1v) is 21.6. The summed E-state index contributed by atoms with van der Waals surface area (Å²) in [6, 6.07) is 72.5. The van der Waals surface area contributed by atoms with Crippen molar-refractivity contribution in [1.82, 2.24) is 19.5 Å². The number of ether oxygens (including phenoxy) is 1. The second kappa shape index (κ2) is 13.2. The van der Waals surface area contributed by atoms with E-state index < -0.39 is 5.41 Å². The molecule has 0 unspecified atom stereocenters. The second-order valence-corrected chi connectivity index (χ2v) is 16.7. The number of furan rings is 1. The van der Waals surface area contributed by atoms with Gasteiger partial charge in [-0.05, 0) is 76.9 Å². The predicted molar refractivity (Wildman–Crippen MR) is 255 cm³/mol. The van der Waals surface area contributed by atoms with Crippen LogP contribution in [0.4, 0.5) is 0 Å². The van der Waals surface area contributed by atoms with Crippen molar-refractivity contribution in [3.63, 3.8) is 0 Å². The number of nitrogens with zero attached hydrogens (tertiary/aromatic N) is 4. The van der Waals surface area contributed by atoms with Crippen molar-refractivity contribution in [2.75, 3.05) is 0 Å². The number of para-hydroxylation sites is 4. The van der Waals surface area contributed by atoms with E-state index in [2.05, 4.69) is 144 Å². The lowest BCUT2D eigenvalue weighted by atomic mass is 9.66. The van der Waals surface area contributed by atoms with Crippen LogP contribution in [0.25, 0.3) is 94.7 Å². The summed E-state index contributed by atoms with van der Waals surface area (Å²) in [6.45, 7) is 0. The summed E-state index contributed by atoms with van der Waals surface area (Å²) in [5, 5.41) is 4.57. The van der Waals surface area contributed by atoms with Gasteiger partial charge in [-0.25, -0.2) is 15.0 Å². The van der Waals surface area contributed by atoms with E-state index in [0.717, 1.165) is 89.1 Å². The van der Waals surface area contributed by atoms with Crippen LogP contribution in [0.5, 0.6) is 11.5 Å². The lowest BCUT2D eigenvalue weighted by Gasteiger charge is -2.39. The molecule has 0 fully saturated rings. The van der Waals surface area contributed by atoms with Gasteiger partial charge < -0.3 is 13.7 Å². The van der Waals surface area contributed by atoms with E-state index in [1.54, 1.807) is 0 Å². The maximum Gasteiger partial charge on any atom is 0.164 e. The molecule has 298 valence electrons. The van der Waals surface area contributed by atoms with Crippen molar-refractivity contribution >= 4 is 43.7 Å². The number of hydrogen-bond acceptors (Lipinski definition) is 5. The van der Waals surface area contributed by atoms with E-state index in [1.807, 2.05) is 66.7 Å². The van der Waals surface area contributed by atoms with E-state index in [1.165, 1.54) is 21.9 Å². The molecular weight excluding hydrogens is 785 g/mol. The third kappa shape index (κ3) is 4.82. The van der Waals surface area contributed by atoms with Crippen LogP contribution in [-0.2, 0) is 5.41 Å². The van der Waals surface area contributed by atoms with E-state index >= 15 is 0 Å². The molecule has 6 heteroatoms. The number of fused-ring (bicyclic) bond motifs is 16. The predicted octanol–water partition coefficient (Wildman–Crippen LogP) is 14.3. The third-order valence-electron chi connectivity index (χ3n) is 13.3. The fraction of sp³-hybridized carbons (Fsp3) is 0.0172. The smallest absolute Gasteiger partial charge is 0.164 e. The van der Waals surface area contributed by atoms with E-state index in [9.17, 15) is 0 Å². The van der Waals surface area contributed by atoms with Gasteiger partial charge in [0.15, 0.2) is 17.5 Å². The van der Waals surface area contributed by atoms with E-state index in [4.69, 9.17) is 24.1 Å². The summed E-state index contributed by atoms with van der Waals surface area (Å²) in [4.78, 5) is 15.4. The Hall–Kier alpha value is -8.61. The molecule has 1 aliphatic heterocycles. The standard InChI is InChI=1S/C58H34N4O2/c1-3-15-35(16-4-1)55-59-56(36-17-5-2-6-18-36)61-57(60-55)37-27-30-44-42(33-37)43-34-38(28-31-45(43)58(44)46-21-9-13-25-50(46)64-51-26-14-10-22-47(51)58)62-48-23-11-7-19-39(48)40-29-32-52-53(54(40)62)41-20-8-12-24-49(41)63-52/h1-34H. The molecule has 4 heterocycles. The van der Waals surface area contributed by atoms with Crippen LogP contribution in [0.3, 0.4) is 0 Å². The maximum absolute atomic E-state index is 6.71. The van der Waals surface area contributed by atoms with E-state index in [0.29, 0.717) is 17.5 Å². The fourth-order valence-corrected chi connectivity index (χ4v) is 10.6. The lowest BCUT2D eigenvalue weighted by molar-refractivity contribution is 0.436. The molecule has 1 aliphatic carbocycles. The molecule has 9 aromatic carbocycles. The molecule has 0 atom stereocenters. The first kappa shape index (κ1) is 35.0. The SMILES string of the molecule is c1ccc(-c2nc(-c3ccccc3)nc(-c3ccc4c(c3)-c3cc(-n5c6ccccc6c6ccc7oc8ccccc8c7c65)ccc3C43c4ccccc4Oc4ccccc43)n2)cc1. The molecule has 64 heavy (non-hydrogen) atoms. The van der Waals surface area contributed by atoms with Crippen LogP contribution in [0.15, 0.2) is 211 Å². The van der Waals surface area contributed by atoms with Crippen molar-refractivity contribution in [2.24, 2.45) is 0 Å². The van der Waals surface area contributed by atoms with Crippen LogP contribution in [0.1, 0.15) is 22.3 Å². The summed E-state index contributed by atoms with van der Waals surface area (Å²) in [5.41, 5.74) is 14.0. The van der Waals surface area contributed by atoms with Gasteiger partial charge in [0, 0.05) is 49.7 Å². The van der Waals surface area contributed by atoms with Gasteiger partial charge in [-0.1, -0.05) is 152 Å². The Balaban J connectivity index is 1.07. The van der Waals surface area contributed by atoms with Crippen LogP contribution < -0.4 is 4.74 Å².